The van der Waals surface area contributed by atoms with Gasteiger partial charge in [-0.05, 0) is 42.8 Å². The van der Waals surface area contributed by atoms with Gasteiger partial charge in [-0.3, -0.25) is 4.98 Å². The molecule has 0 saturated heterocycles. The highest BCUT2D eigenvalue weighted by molar-refractivity contribution is 7.89. The molecule has 100 valence electrons. The standard InChI is InChI=1S/C13H13FN2O2S/c1-10(11-5-7-15-8-6-11)16-19(17,18)13-4-2-3-12(14)9-13/h2-10,16H,1H3/t10-/m0/s1. The lowest BCUT2D eigenvalue weighted by molar-refractivity contribution is 0.564. The molecule has 0 spiro atoms. The Balaban J connectivity index is 2.23. The van der Waals surface area contributed by atoms with Crippen LogP contribution < -0.4 is 4.72 Å². The quantitative estimate of drug-likeness (QED) is 0.934. The Labute approximate surface area is 111 Å². The molecular formula is C13H13FN2O2S. The Kier molecular flexibility index (Phi) is 3.92. The van der Waals surface area contributed by atoms with Gasteiger partial charge in [-0.25, -0.2) is 17.5 Å². The first kappa shape index (κ1) is 13.6. The van der Waals surface area contributed by atoms with E-state index in [4.69, 9.17) is 0 Å². The molecule has 1 N–H and O–H groups in total. The number of pyridine rings is 1. The number of rotatable bonds is 4. The zero-order chi connectivity index (χ0) is 13.9. The van der Waals surface area contributed by atoms with Gasteiger partial charge in [0, 0.05) is 18.4 Å². The van der Waals surface area contributed by atoms with Crippen LogP contribution in [0.1, 0.15) is 18.5 Å². The van der Waals surface area contributed by atoms with Crippen LogP contribution in [0.15, 0.2) is 53.7 Å². The molecule has 0 aliphatic carbocycles. The van der Waals surface area contributed by atoms with E-state index in [-0.39, 0.29) is 4.90 Å². The minimum atomic E-state index is -3.74. The molecule has 0 amide bonds. The minimum absolute atomic E-state index is 0.0894. The molecule has 0 radical (unpaired) electrons. The van der Waals surface area contributed by atoms with Crippen molar-refractivity contribution in [2.75, 3.05) is 0 Å². The number of sulfonamides is 1. The van der Waals surface area contributed by atoms with Gasteiger partial charge in [-0.2, -0.15) is 0 Å². The number of halogens is 1. The highest BCUT2D eigenvalue weighted by atomic mass is 32.2. The van der Waals surface area contributed by atoms with E-state index in [1.807, 2.05) is 0 Å². The predicted molar refractivity (Wildman–Crippen MR) is 69.4 cm³/mol. The topological polar surface area (TPSA) is 59.1 Å². The summed E-state index contributed by atoms with van der Waals surface area (Å²) in [5.41, 5.74) is 0.787. The zero-order valence-electron chi connectivity index (χ0n) is 10.2. The van der Waals surface area contributed by atoms with E-state index < -0.39 is 21.9 Å². The van der Waals surface area contributed by atoms with Crippen LogP contribution in [0, 0.1) is 5.82 Å². The Morgan fingerprint density at radius 2 is 1.89 bits per heavy atom. The van der Waals surface area contributed by atoms with Crippen LogP contribution in [0.4, 0.5) is 4.39 Å². The Morgan fingerprint density at radius 3 is 2.53 bits per heavy atom. The van der Waals surface area contributed by atoms with Crippen LogP contribution in [0.5, 0.6) is 0 Å². The van der Waals surface area contributed by atoms with Crippen LogP contribution >= 0.6 is 0 Å². The van der Waals surface area contributed by atoms with Crippen LogP contribution in [-0.4, -0.2) is 13.4 Å². The molecule has 0 fully saturated rings. The van der Waals surface area contributed by atoms with Crippen molar-refractivity contribution < 1.29 is 12.8 Å². The second kappa shape index (κ2) is 5.46. The fourth-order valence-corrected chi connectivity index (χ4v) is 2.92. The van der Waals surface area contributed by atoms with Gasteiger partial charge in [0.05, 0.1) is 4.90 Å². The zero-order valence-corrected chi connectivity index (χ0v) is 11.1. The molecule has 19 heavy (non-hydrogen) atoms. The van der Waals surface area contributed by atoms with E-state index in [9.17, 15) is 12.8 Å². The maximum atomic E-state index is 13.1. The molecule has 1 atom stereocenters. The molecule has 2 aromatic rings. The van der Waals surface area contributed by atoms with Crippen LogP contribution in [0.3, 0.4) is 0 Å². The summed E-state index contributed by atoms with van der Waals surface area (Å²) in [7, 11) is -3.74. The SMILES string of the molecule is C[C@H](NS(=O)(=O)c1cccc(F)c1)c1ccncc1. The minimum Gasteiger partial charge on any atom is -0.265 e. The Hall–Kier alpha value is -1.79. The van der Waals surface area contributed by atoms with E-state index in [0.29, 0.717) is 0 Å². The van der Waals surface area contributed by atoms with Crippen molar-refractivity contribution in [2.24, 2.45) is 0 Å². The summed E-state index contributed by atoms with van der Waals surface area (Å²) in [6, 6.07) is 7.92. The van der Waals surface area contributed by atoms with E-state index in [1.54, 1.807) is 31.5 Å². The lowest BCUT2D eigenvalue weighted by atomic mass is 10.1. The molecule has 1 heterocycles. The average Bonchev–Trinajstić information content (AvgIpc) is 2.39. The van der Waals surface area contributed by atoms with Gasteiger partial charge in [0.2, 0.25) is 10.0 Å². The molecule has 0 aliphatic heterocycles. The molecule has 6 heteroatoms. The van der Waals surface area contributed by atoms with Gasteiger partial charge < -0.3 is 0 Å². The summed E-state index contributed by atoms with van der Waals surface area (Å²) >= 11 is 0. The first-order chi connectivity index (χ1) is 8.99. The van der Waals surface area contributed by atoms with Gasteiger partial charge in [0.25, 0.3) is 0 Å². The second-order valence-corrected chi connectivity index (χ2v) is 5.79. The van der Waals surface area contributed by atoms with Crippen LogP contribution in [0.2, 0.25) is 0 Å². The summed E-state index contributed by atoms with van der Waals surface area (Å²) < 4.78 is 39.7. The summed E-state index contributed by atoms with van der Waals surface area (Å²) in [6.45, 7) is 1.71. The molecule has 0 bridgehead atoms. The van der Waals surface area contributed by atoms with E-state index in [2.05, 4.69) is 9.71 Å². The maximum Gasteiger partial charge on any atom is 0.241 e. The fraction of sp³-hybridized carbons (Fsp3) is 0.154. The molecule has 2 rings (SSSR count). The first-order valence-corrected chi connectivity index (χ1v) is 7.15. The molecule has 1 aromatic carbocycles. The van der Waals surface area contributed by atoms with Gasteiger partial charge >= 0.3 is 0 Å². The number of hydrogen-bond acceptors (Lipinski definition) is 3. The monoisotopic (exact) mass is 280 g/mol. The molecule has 0 unspecified atom stereocenters. The summed E-state index contributed by atoms with van der Waals surface area (Å²) in [6.07, 6.45) is 3.17. The third-order valence-corrected chi connectivity index (χ3v) is 4.18. The lowest BCUT2D eigenvalue weighted by Gasteiger charge is -2.14. The number of benzene rings is 1. The predicted octanol–water partition coefficient (Wildman–Crippen LogP) is 2.26. The van der Waals surface area contributed by atoms with Crippen molar-refractivity contribution >= 4 is 10.0 Å². The normalized spacial score (nSPS) is 13.2. The average molecular weight is 280 g/mol. The first-order valence-electron chi connectivity index (χ1n) is 5.67. The molecule has 0 aliphatic rings. The third kappa shape index (κ3) is 3.36. The number of aromatic nitrogens is 1. The second-order valence-electron chi connectivity index (χ2n) is 4.08. The molecule has 4 nitrogen and oxygen atoms in total. The van der Waals surface area contributed by atoms with Gasteiger partial charge in [0.15, 0.2) is 0 Å². The Bertz CT molecular complexity index is 659. The van der Waals surface area contributed by atoms with Crippen molar-refractivity contribution in [2.45, 2.75) is 17.9 Å². The van der Waals surface area contributed by atoms with Crippen LogP contribution in [-0.2, 0) is 10.0 Å². The van der Waals surface area contributed by atoms with Crippen LogP contribution in [0.25, 0.3) is 0 Å². The van der Waals surface area contributed by atoms with Crippen molar-refractivity contribution in [3.05, 3.63) is 60.2 Å². The number of hydrogen-bond donors (Lipinski definition) is 1. The van der Waals surface area contributed by atoms with Crippen molar-refractivity contribution in [1.82, 2.24) is 9.71 Å². The van der Waals surface area contributed by atoms with Gasteiger partial charge in [-0.15, -0.1) is 0 Å². The number of nitrogens with zero attached hydrogens (tertiary/aromatic N) is 1. The lowest BCUT2D eigenvalue weighted by Crippen LogP contribution is -2.27. The van der Waals surface area contributed by atoms with Crippen molar-refractivity contribution in [1.29, 1.82) is 0 Å². The highest BCUT2D eigenvalue weighted by Crippen LogP contribution is 2.16. The van der Waals surface area contributed by atoms with Gasteiger partial charge in [-0.1, -0.05) is 6.07 Å². The van der Waals surface area contributed by atoms with E-state index >= 15 is 0 Å². The molecule has 1 aromatic heterocycles. The summed E-state index contributed by atoms with van der Waals surface area (Å²) in [5.74, 6) is -0.584. The molecular weight excluding hydrogens is 267 g/mol. The summed E-state index contributed by atoms with van der Waals surface area (Å²) in [4.78, 5) is 3.78. The highest BCUT2D eigenvalue weighted by Gasteiger charge is 2.18. The van der Waals surface area contributed by atoms with Crippen molar-refractivity contribution in [3.8, 4) is 0 Å². The van der Waals surface area contributed by atoms with Crippen molar-refractivity contribution in [3.63, 3.8) is 0 Å². The molecule has 0 saturated carbocycles. The third-order valence-electron chi connectivity index (χ3n) is 2.64. The van der Waals surface area contributed by atoms with E-state index in [0.717, 1.165) is 11.6 Å². The fourth-order valence-electron chi connectivity index (χ4n) is 1.66. The smallest absolute Gasteiger partial charge is 0.241 e. The Morgan fingerprint density at radius 1 is 1.21 bits per heavy atom. The summed E-state index contributed by atoms with van der Waals surface area (Å²) in [5, 5.41) is 0. The maximum absolute atomic E-state index is 13.1. The van der Waals surface area contributed by atoms with Gasteiger partial charge in [0.1, 0.15) is 5.82 Å². The van der Waals surface area contributed by atoms with E-state index in [1.165, 1.54) is 18.2 Å². The largest absolute Gasteiger partial charge is 0.265 e. The number of nitrogens with one attached hydrogen (secondary N) is 1.